The highest BCUT2D eigenvalue weighted by molar-refractivity contribution is 7.16. The highest BCUT2D eigenvalue weighted by atomic mass is 32.1. The first-order valence-electron chi connectivity index (χ1n) is 6.97. The first kappa shape index (κ1) is 16.8. The van der Waals surface area contributed by atoms with E-state index in [0.29, 0.717) is 15.0 Å². The van der Waals surface area contributed by atoms with Gasteiger partial charge < -0.3 is 9.30 Å². The minimum atomic E-state index is -0.497. The Labute approximate surface area is 135 Å². The van der Waals surface area contributed by atoms with Gasteiger partial charge in [-0.1, -0.05) is 18.3 Å². The summed E-state index contributed by atoms with van der Waals surface area (Å²) in [6.07, 6.45) is 0.230. The first-order chi connectivity index (χ1) is 11.0. The van der Waals surface area contributed by atoms with Crippen LogP contribution in [0.2, 0.25) is 0 Å². The van der Waals surface area contributed by atoms with Crippen molar-refractivity contribution in [2.45, 2.75) is 26.8 Å². The van der Waals surface area contributed by atoms with E-state index in [4.69, 9.17) is 4.74 Å². The lowest BCUT2D eigenvalue weighted by atomic mass is 10.3. The van der Waals surface area contributed by atoms with Gasteiger partial charge in [0.05, 0.1) is 21.7 Å². The number of rotatable bonds is 5. The van der Waals surface area contributed by atoms with Gasteiger partial charge in [0.15, 0.2) is 4.80 Å². The summed E-state index contributed by atoms with van der Waals surface area (Å²) in [5.41, 5.74) is 0.534. The van der Waals surface area contributed by atoms with Gasteiger partial charge in [-0.25, -0.2) is 0 Å². The van der Waals surface area contributed by atoms with E-state index in [2.05, 4.69) is 4.99 Å². The molecule has 2 aromatic rings. The highest BCUT2D eigenvalue weighted by Crippen LogP contribution is 2.23. The van der Waals surface area contributed by atoms with E-state index in [1.54, 1.807) is 19.9 Å². The average molecular weight is 337 g/mol. The number of thiazole rings is 1. The van der Waals surface area contributed by atoms with Gasteiger partial charge in [-0.3, -0.25) is 19.7 Å². The van der Waals surface area contributed by atoms with Crippen LogP contribution in [0.4, 0.5) is 5.69 Å². The molecule has 8 nitrogen and oxygen atoms in total. The predicted molar refractivity (Wildman–Crippen MR) is 84.0 cm³/mol. The van der Waals surface area contributed by atoms with Gasteiger partial charge in [-0.05, 0) is 13.0 Å². The number of amides is 1. The lowest BCUT2D eigenvalue weighted by Gasteiger charge is -2.04. The average Bonchev–Trinajstić information content (AvgIpc) is 2.84. The van der Waals surface area contributed by atoms with E-state index in [9.17, 15) is 19.7 Å². The molecular weight excluding hydrogens is 322 g/mol. The van der Waals surface area contributed by atoms with Gasteiger partial charge in [0, 0.05) is 18.6 Å². The SMILES string of the molecule is CCOC(=O)Cn1c(=NC(=O)CC)sc2cc([N+](=O)[O-])ccc21. The van der Waals surface area contributed by atoms with Crippen LogP contribution in [0.25, 0.3) is 10.2 Å². The Bertz CT molecular complexity index is 837. The monoisotopic (exact) mass is 337 g/mol. The number of carbonyl (C=O) groups is 2. The molecule has 0 unspecified atom stereocenters. The molecule has 0 saturated carbocycles. The zero-order valence-electron chi connectivity index (χ0n) is 12.6. The molecule has 122 valence electrons. The molecule has 0 aliphatic heterocycles. The fourth-order valence-electron chi connectivity index (χ4n) is 1.94. The number of esters is 1. The molecule has 0 atom stereocenters. The molecule has 9 heteroatoms. The standard InChI is InChI=1S/C14H15N3O5S/c1-3-12(18)15-14-16(8-13(19)22-4-2)10-6-5-9(17(20)21)7-11(10)23-14/h5-7H,3-4,8H2,1-2H3. The highest BCUT2D eigenvalue weighted by Gasteiger charge is 2.15. The number of nitro groups is 1. The Morgan fingerprint density at radius 2 is 2.13 bits per heavy atom. The zero-order valence-corrected chi connectivity index (χ0v) is 13.5. The summed E-state index contributed by atoms with van der Waals surface area (Å²) in [5.74, 6) is -0.792. The van der Waals surface area contributed by atoms with Crippen LogP contribution in [-0.4, -0.2) is 28.0 Å². The van der Waals surface area contributed by atoms with E-state index in [0.717, 1.165) is 11.3 Å². The van der Waals surface area contributed by atoms with E-state index < -0.39 is 10.9 Å². The van der Waals surface area contributed by atoms with Gasteiger partial charge in [0.2, 0.25) is 5.91 Å². The number of carbonyl (C=O) groups excluding carboxylic acids is 2. The first-order valence-corrected chi connectivity index (χ1v) is 7.78. The quantitative estimate of drug-likeness (QED) is 0.471. The van der Waals surface area contributed by atoms with Crippen molar-refractivity contribution in [3.05, 3.63) is 33.1 Å². The number of ether oxygens (including phenoxy) is 1. The van der Waals surface area contributed by atoms with Crippen molar-refractivity contribution in [3.63, 3.8) is 0 Å². The van der Waals surface area contributed by atoms with Crippen LogP contribution in [0.5, 0.6) is 0 Å². The van der Waals surface area contributed by atoms with Crippen molar-refractivity contribution in [2.24, 2.45) is 4.99 Å². The molecule has 1 amide bonds. The van der Waals surface area contributed by atoms with Crippen LogP contribution in [0, 0.1) is 10.1 Å². The number of hydrogen-bond donors (Lipinski definition) is 0. The molecule has 1 aromatic heterocycles. The Kier molecular flexibility index (Phi) is 5.22. The summed E-state index contributed by atoms with van der Waals surface area (Å²) in [6.45, 7) is 3.51. The molecule has 23 heavy (non-hydrogen) atoms. The molecule has 2 rings (SSSR count). The van der Waals surface area contributed by atoms with Crippen molar-refractivity contribution in [1.82, 2.24) is 4.57 Å². The maximum Gasteiger partial charge on any atom is 0.326 e. The second-order valence-electron chi connectivity index (χ2n) is 4.54. The summed E-state index contributed by atoms with van der Waals surface area (Å²) in [5, 5.41) is 10.9. The second-order valence-corrected chi connectivity index (χ2v) is 5.55. The van der Waals surface area contributed by atoms with Gasteiger partial charge >= 0.3 is 5.97 Å². The predicted octanol–water partition coefficient (Wildman–Crippen LogP) is 2.01. The minimum absolute atomic E-state index is 0.0598. The Morgan fingerprint density at radius 1 is 1.39 bits per heavy atom. The number of hydrogen-bond acceptors (Lipinski definition) is 6. The molecule has 0 bridgehead atoms. The second kappa shape index (κ2) is 7.14. The number of aromatic nitrogens is 1. The molecule has 0 saturated heterocycles. The number of benzene rings is 1. The van der Waals surface area contributed by atoms with E-state index in [-0.39, 0.29) is 31.2 Å². The zero-order chi connectivity index (χ0) is 17.0. The third-order valence-electron chi connectivity index (χ3n) is 2.99. The number of nitrogens with zero attached hydrogens (tertiary/aromatic N) is 3. The lowest BCUT2D eigenvalue weighted by molar-refractivity contribution is -0.384. The molecule has 0 radical (unpaired) electrons. The third-order valence-corrected chi connectivity index (χ3v) is 4.03. The number of non-ortho nitro benzene ring substituents is 1. The van der Waals surface area contributed by atoms with Crippen LogP contribution in [0.1, 0.15) is 20.3 Å². The Morgan fingerprint density at radius 3 is 2.74 bits per heavy atom. The van der Waals surface area contributed by atoms with Gasteiger partial charge in [-0.15, -0.1) is 0 Å². The molecule has 0 aliphatic rings. The van der Waals surface area contributed by atoms with Crippen molar-refractivity contribution in [1.29, 1.82) is 0 Å². The van der Waals surface area contributed by atoms with Crippen molar-refractivity contribution < 1.29 is 19.2 Å². The summed E-state index contributed by atoms with van der Waals surface area (Å²) in [4.78, 5) is 38.0. The molecule has 0 N–H and O–H groups in total. The summed E-state index contributed by atoms with van der Waals surface area (Å²) >= 11 is 1.12. The Balaban J connectivity index is 2.61. The van der Waals surface area contributed by atoms with E-state index >= 15 is 0 Å². The van der Waals surface area contributed by atoms with Crippen molar-refractivity contribution in [3.8, 4) is 0 Å². The van der Waals surface area contributed by atoms with Crippen LogP contribution in [0.3, 0.4) is 0 Å². The molecular formula is C14H15N3O5S. The molecule has 1 heterocycles. The fraction of sp³-hybridized carbons (Fsp3) is 0.357. The smallest absolute Gasteiger partial charge is 0.326 e. The van der Waals surface area contributed by atoms with Gasteiger partial charge in [0.25, 0.3) is 5.69 Å². The van der Waals surface area contributed by atoms with Crippen LogP contribution in [0.15, 0.2) is 23.2 Å². The largest absolute Gasteiger partial charge is 0.465 e. The topological polar surface area (TPSA) is 104 Å². The molecule has 1 aromatic carbocycles. The minimum Gasteiger partial charge on any atom is -0.465 e. The van der Waals surface area contributed by atoms with Crippen LogP contribution < -0.4 is 4.80 Å². The van der Waals surface area contributed by atoms with E-state index in [1.807, 2.05) is 0 Å². The maximum atomic E-state index is 11.8. The van der Waals surface area contributed by atoms with Crippen molar-refractivity contribution >= 4 is 39.1 Å². The normalized spacial score (nSPS) is 11.7. The van der Waals surface area contributed by atoms with E-state index in [1.165, 1.54) is 16.7 Å². The maximum absolute atomic E-state index is 11.8. The summed E-state index contributed by atoms with van der Waals surface area (Å²) in [7, 11) is 0. The molecule has 0 aliphatic carbocycles. The van der Waals surface area contributed by atoms with Gasteiger partial charge in [-0.2, -0.15) is 4.99 Å². The number of fused-ring (bicyclic) bond motifs is 1. The molecule has 0 spiro atoms. The third kappa shape index (κ3) is 3.81. The Hall–Kier alpha value is -2.55. The molecule has 0 fully saturated rings. The van der Waals surface area contributed by atoms with Crippen molar-refractivity contribution in [2.75, 3.05) is 6.61 Å². The lowest BCUT2D eigenvalue weighted by Crippen LogP contribution is -2.23. The summed E-state index contributed by atoms with van der Waals surface area (Å²) < 4.78 is 7.03. The summed E-state index contributed by atoms with van der Waals surface area (Å²) in [6, 6.07) is 4.29. The number of nitro benzene ring substituents is 1. The fourth-order valence-corrected chi connectivity index (χ4v) is 3.01. The van der Waals surface area contributed by atoms with Crippen LogP contribution in [-0.2, 0) is 20.9 Å². The van der Waals surface area contributed by atoms with Crippen LogP contribution >= 0.6 is 11.3 Å². The van der Waals surface area contributed by atoms with Gasteiger partial charge in [0.1, 0.15) is 6.54 Å².